The molecule has 0 aliphatic carbocycles. The zero-order valence-corrected chi connectivity index (χ0v) is 11.3. The van der Waals surface area contributed by atoms with Crippen LogP contribution in [-0.2, 0) is 6.54 Å². The van der Waals surface area contributed by atoms with Crippen LogP contribution in [0.3, 0.4) is 0 Å². The van der Waals surface area contributed by atoms with Gasteiger partial charge in [-0.05, 0) is 31.5 Å². The largest absolute Gasteiger partial charge is 0.337 e. The van der Waals surface area contributed by atoms with Gasteiger partial charge in [-0.3, -0.25) is 0 Å². The van der Waals surface area contributed by atoms with E-state index in [9.17, 15) is 0 Å². The first-order valence-corrected chi connectivity index (χ1v) is 6.58. The number of imidazole rings is 1. The molecule has 2 rings (SSSR count). The maximum absolute atomic E-state index is 6.16. The smallest absolute Gasteiger partial charge is 0.0945 e. The van der Waals surface area contributed by atoms with Gasteiger partial charge in [0.15, 0.2) is 0 Å². The Morgan fingerprint density at radius 2 is 2.22 bits per heavy atom. The number of aryl methyl sites for hydroxylation is 1. The van der Waals surface area contributed by atoms with Gasteiger partial charge in [0.2, 0.25) is 0 Å². The van der Waals surface area contributed by atoms with Crippen LogP contribution in [0.4, 0.5) is 0 Å². The van der Waals surface area contributed by atoms with Gasteiger partial charge in [0.1, 0.15) is 0 Å². The van der Waals surface area contributed by atoms with Crippen LogP contribution in [0.25, 0.3) is 0 Å². The molecule has 1 atom stereocenters. The van der Waals surface area contributed by atoms with E-state index in [2.05, 4.69) is 27.9 Å². The Kier molecular flexibility index (Phi) is 4.79. The van der Waals surface area contributed by atoms with Crippen LogP contribution < -0.4 is 5.32 Å². The summed E-state index contributed by atoms with van der Waals surface area (Å²) in [7, 11) is 0. The molecule has 0 radical (unpaired) electrons. The lowest BCUT2D eigenvalue weighted by atomic mass is 10.1. The summed E-state index contributed by atoms with van der Waals surface area (Å²) in [4.78, 5) is 4.02. The summed E-state index contributed by atoms with van der Waals surface area (Å²) in [6.07, 6.45) is 6.71. The SMILES string of the molecule is C[C@H](NCCCn1ccnc1)c1ccccc1Cl. The van der Waals surface area contributed by atoms with E-state index in [4.69, 9.17) is 11.6 Å². The van der Waals surface area contributed by atoms with Crippen molar-refractivity contribution < 1.29 is 0 Å². The molecule has 3 nitrogen and oxygen atoms in total. The van der Waals surface area contributed by atoms with E-state index in [-0.39, 0.29) is 6.04 Å². The Bertz CT molecular complexity index is 468. The average Bonchev–Trinajstić information content (AvgIpc) is 2.88. The minimum absolute atomic E-state index is 0.279. The third-order valence-corrected chi connectivity index (χ3v) is 3.32. The summed E-state index contributed by atoms with van der Waals surface area (Å²) < 4.78 is 2.09. The quantitative estimate of drug-likeness (QED) is 0.811. The molecule has 0 unspecified atom stereocenters. The van der Waals surface area contributed by atoms with Crippen LogP contribution >= 0.6 is 11.6 Å². The fraction of sp³-hybridized carbons (Fsp3) is 0.357. The number of hydrogen-bond donors (Lipinski definition) is 1. The van der Waals surface area contributed by atoms with Crippen molar-refractivity contribution in [3.63, 3.8) is 0 Å². The Morgan fingerprint density at radius 3 is 2.94 bits per heavy atom. The van der Waals surface area contributed by atoms with Gasteiger partial charge in [0, 0.05) is 30.0 Å². The number of aromatic nitrogens is 2. The summed E-state index contributed by atoms with van der Waals surface area (Å²) >= 11 is 6.16. The standard InChI is InChI=1S/C14H18ClN3/c1-12(13-5-2-3-6-14(13)15)17-7-4-9-18-10-8-16-11-18/h2-3,5-6,8,10-12,17H,4,7,9H2,1H3/t12-/m0/s1. The molecule has 4 heteroatoms. The van der Waals surface area contributed by atoms with Crippen LogP contribution in [0.1, 0.15) is 24.9 Å². The second kappa shape index (κ2) is 6.57. The summed E-state index contributed by atoms with van der Waals surface area (Å²) in [5.74, 6) is 0. The van der Waals surface area contributed by atoms with Crippen LogP contribution in [0.15, 0.2) is 43.0 Å². The Hall–Kier alpha value is -1.32. The third-order valence-electron chi connectivity index (χ3n) is 2.97. The maximum atomic E-state index is 6.16. The molecule has 2 aromatic rings. The Morgan fingerprint density at radius 1 is 1.39 bits per heavy atom. The van der Waals surface area contributed by atoms with Crippen molar-refractivity contribution in [3.05, 3.63) is 53.6 Å². The van der Waals surface area contributed by atoms with Gasteiger partial charge in [0.05, 0.1) is 6.33 Å². The van der Waals surface area contributed by atoms with Crippen LogP contribution in [0.5, 0.6) is 0 Å². The summed E-state index contributed by atoms with van der Waals surface area (Å²) in [6, 6.07) is 8.25. The van der Waals surface area contributed by atoms with Gasteiger partial charge < -0.3 is 9.88 Å². The number of halogens is 1. The molecule has 0 saturated carbocycles. The van der Waals surface area contributed by atoms with Crippen molar-refractivity contribution >= 4 is 11.6 Å². The lowest BCUT2D eigenvalue weighted by molar-refractivity contribution is 0.527. The Labute approximate surface area is 113 Å². The molecule has 18 heavy (non-hydrogen) atoms. The van der Waals surface area contributed by atoms with Crippen molar-refractivity contribution in [1.82, 2.24) is 14.9 Å². The summed E-state index contributed by atoms with van der Waals surface area (Å²) in [6.45, 7) is 4.09. The van der Waals surface area contributed by atoms with Crippen LogP contribution in [0.2, 0.25) is 5.02 Å². The van der Waals surface area contributed by atoms with E-state index in [1.807, 2.05) is 30.7 Å². The number of benzene rings is 1. The second-order valence-corrected chi connectivity index (χ2v) is 4.76. The highest BCUT2D eigenvalue weighted by molar-refractivity contribution is 6.31. The zero-order valence-electron chi connectivity index (χ0n) is 10.5. The molecule has 0 bridgehead atoms. The highest BCUT2D eigenvalue weighted by Crippen LogP contribution is 2.21. The van der Waals surface area contributed by atoms with Crippen molar-refractivity contribution in [2.75, 3.05) is 6.54 Å². The minimum Gasteiger partial charge on any atom is -0.337 e. The van der Waals surface area contributed by atoms with Crippen LogP contribution in [-0.4, -0.2) is 16.1 Å². The van der Waals surface area contributed by atoms with Crippen LogP contribution in [0, 0.1) is 0 Å². The monoisotopic (exact) mass is 263 g/mol. The average molecular weight is 264 g/mol. The van der Waals surface area contributed by atoms with Crippen molar-refractivity contribution in [3.8, 4) is 0 Å². The van der Waals surface area contributed by atoms with Crippen molar-refractivity contribution in [2.45, 2.75) is 25.9 Å². The molecule has 1 N–H and O–H groups in total. The highest BCUT2D eigenvalue weighted by atomic mass is 35.5. The fourth-order valence-electron chi connectivity index (χ4n) is 1.94. The lowest BCUT2D eigenvalue weighted by Gasteiger charge is -2.15. The molecule has 0 amide bonds. The van der Waals surface area contributed by atoms with E-state index in [0.717, 1.165) is 30.1 Å². The molecular formula is C14H18ClN3. The molecule has 96 valence electrons. The lowest BCUT2D eigenvalue weighted by Crippen LogP contribution is -2.21. The first-order chi connectivity index (χ1) is 8.77. The van der Waals surface area contributed by atoms with Crippen molar-refractivity contribution in [2.24, 2.45) is 0 Å². The molecule has 1 aromatic heterocycles. The first kappa shape index (κ1) is 13.1. The number of hydrogen-bond acceptors (Lipinski definition) is 2. The highest BCUT2D eigenvalue weighted by Gasteiger charge is 2.07. The van der Waals surface area contributed by atoms with Gasteiger partial charge in [-0.25, -0.2) is 4.98 Å². The third kappa shape index (κ3) is 3.59. The number of nitrogens with one attached hydrogen (secondary N) is 1. The molecule has 0 spiro atoms. The van der Waals surface area contributed by atoms with Crippen molar-refractivity contribution in [1.29, 1.82) is 0 Å². The first-order valence-electron chi connectivity index (χ1n) is 6.21. The summed E-state index contributed by atoms with van der Waals surface area (Å²) in [5, 5.41) is 4.31. The molecule has 0 saturated heterocycles. The molecular weight excluding hydrogens is 246 g/mol. The predicted molar refractivity (Wildman–Crippen MR) is 74.7 cm³/mol. The Balaban J connectivity index is 1.75. The normalized spacial score (nSPS) is 12.6. The van der Waals surface area contributed by atoms with Gasteiger partial charge in [-0.2, -0.15) is 0 Å². The molecule has 0 aliphatic rings. The fourth-order valence-corrected chi connectivity index (χ4v) is 2.23. The molecule has 1 heterocycles. The van der Waals surface area contributed by atoms with E-state index in [1.165, 1.54) is 0 Å². The minimum atomic E-state index is 0.279. The van der Waals surface area contributed by atoms with E-state index in [1.54, 1.807) is 6.20 Å². The van der Waals surface area contributed by atoms with E-state index in [0.29, 0.717) is 0 Å². The predicted octanol–water partition coefficient (Wildman–Crippen LogP) is 3.28. The molecule has 1 aromatic carbocycles. The van der Waals surface area contributed by atoms with E-state index >= 15 is 0 Å². The molecule has 0 aliphatic heterocycles. The summed E-state index contributed by atoms with van der Waals surface area (Å²) in [5.41, 5.74) is 1.15. The van der Waals surface area contributed by atoms with Gasteiger partial charge in [0.25, 0.3) is 0 Å². The maximum Gasteiger partial charge on any atom is 0.0945 e. The van der Waals surface area contributed by atoms with Gasteiger partial charge in [-0.1, -0.05) is 29.8 Å². The molecule has 0 fully saturated rings. The topological polar surface area (TPSA) is 29.9 Å². The number of rotatable bonds is 6. The second-order valence-electron chi connectivity index (χ2n) is 4.35. The zero-order chi connectivity index (χ0) is 12.8. The number of nitrogens with zero attached hydrogens (tertiary/aromatic N) is 2. The van der Waals surface area contributed by atoms with Gasteiger partial charge >= 0.3 is 0 Å². The van der Waals surface area contributed by atoms with Gasteiger partial charge in [-0.15, -0.1) is 0 Å². The van der Waals surface area contributed by atoms with E-state index < -0.39 is 0 Å².